The summed E-state index contributed by atoms with van der Waals surface area (Å²) >= 11 is 7.97. The number of likely N-dealkylation sites (tertiary alicyclic amines) is 1. The number of thioether (sulfide) groups is 1. The van der Waals surface area contributed by atoms with E-state index in [4.69, 9.17) is 16.3 Å². The fraction of sp³-hybridized carbons (Fsp3) is 0.650. The molecule has 0 bridgehead atoms. The topological polar surface area (TPSA) is 41.6 Å². The normalized spacial score (nSPS) is 22.3. The summed E-state index contributed by atoms with van der Waals surface area (Å²) < 4.78 is 5.86. The monoisotopic (exact) mass is 396 g/mol. The molecule has 1 amide bonds. The minimum atomic E-state index is -0.907. The summed E-state index contributed by atoms with van der Waals surface area (Å²) in [5.41, 5.74) is -0.907. The highest BCUT2D eigenvalue weighted by molar-refractivity contribution is 7.99. The molecule has 2 heterocycles. The maximum Gasteiger partial charge on any atom is 0.263 e. The Morgan fingerprint density at radius 1 is 1.27 bits per heavy atom. The molecule has 4 nitrogen and oxygen atoms in total. The molecular weight excluding hydrogens is 368 g/mol. The van der Waals surface area contributed by atoms with Gasteiger partial charge in [-0.1, -0.05) is 11.6 Å². The van der Waals surface area contributed by atoms with Crippen LogP contribution in [0.1, 0.15) is 33.1 Å². The number of ether oxygens (including phenoxy) is 1. The summed E-state index contributed by atoms with van der Waals surface area (Å²) in [6.07, 6.45) is 3.67. The summed E-state index contributed by atoms with van der Waals surface area (Å²) in [5.74, 6) is 3.75. The second-order valence-corrected chi connectivity index (χ2v) is 9.36. The molecule has 6 heteroatoms. The molecule has 1 aromatic carbocycles. The van der Waals surface area contributed by atoms with Gasteiger partial charge in [0.1, 0.15) is 5.75 Å². The molecule has 26 heavy (non-hydrogen) atoms. The number of hydrogen-bond acceptors (Lipinski definition) is 4. The van der Waals surface area contributed by atoms with Gasteiger partial charge in [-0.15, -0.1) is 0 Å². The molecular formula is C20H29ClN2O2S. The summed E-state index contributed by atoms with van der Waals surface area (Å²) in [6, 6.07) is 7.88. The van der Waals surface area contributed by atoms with Gasteiger partial charge in [0.25, 0.3) is 5.91 Å². The fourth-order valence-corrected chi connectivity index (χ4v) is 5.01. The Kier molecular flexibility index (Phi) is 6.76. The molecule has 0 radical (unpaired) electrons. The quantitative estimate of drug-likeness (QED) is 0.793. The number of rotatable bonds is 6. The second-order valence-electron chi connectivity index (χ2n) is 7.77. The number of nitrogens with one attached hydrogen (secondary N) is 1. The van der Waals surface area contributed by atoms with Crippen LogP contribution >= 0.6 is 23.4 Å². The van der Waals surface area contributed by atoms with Crippen molar-refractivity contribution in [2.75, 3.05) is 31.1 Å². The summed E-state index contributed by atoms with van der Waals surface area (Å²) in [6.45, 7) is 6.67. The highest BCUT2D eigenvalue weighted by Crippen LogP contribution is 2.27. The average Bonchev–Trinajstić information content (AvgIpc) is 3.16. The first-order valence-corrected chi connectivity index (χ1v) is 11.0. The molecule has 0 aromatic heterocycles. The van der Waals surface area contributed by atoms with Gasteiger partial charge < -0.3 is 10.1 Å². The van der Waals surface area contributed by atoms with Gasteiger partial charge in [0.05, 0.1) is 0 Å². The minimum absolute atomic E-state index is 0.0675. The summed E-state index contributed by atoms with van der Waals surface area (Å²) in [5, 5.41) is 3.75. The zero-order valence-corrected chi connectivity index (χ0v) is 17.2. The molecule has 0 spiro atoms. The first-order chi connectivity index (χ1) is 12.4. The predicted octanol–water partition coefficient (Wildman–Crippen LogP) is 3.83. The van der Waals surface area contributed by atoms with Crippen LogP contribution in [0, 0.1) is 5.92 Å². The lowest BCUT2D eigenvalue weighted by Crippen LogP contribution is -2.49. The highest BCUT2D eigenvalue weighted by atomic mass is 35.5. The Hall–Kier alpha value is -0.910. The zero-order valence-electron chi connectivity index (χ0n) is 15.7. The largest absolute Gasteiger partial charge is 0.478 e. The summed E-state index contributed by atoms with van der Waals surface area (Å²) in [4.78, 5) is 15.2. The first-order valence-electron chi connectivity index (χ1n) is 9.49. The lowest BCUT2D eigenvalue weighted by Gasteiger charge is -2.36. The lowest BCUT2D eigenvalue weighted by atomic mass is 9.95. The Morgan fingerprint density at radius 3 is 2.58 bits per heavy atom. The Morgan fingerprint density at radius 2 is 1.96 bits per heavy atom. The van der Waals surface area contributed by atoms with E-state index in [0.717, 1.165) is 25.7 Å². The van der Waals surface area contributed by atoms with Gasteiger partial charge in [-0.05, 0) is 82.1 Å². The molecule has 3 rings (SSSR count). The van der Waals surface area contributed by atoms with Crippen LogP contribution in [0.25, 0.3) is 0 Å². The SMILES string of the molecule is CC(C)(Oc1ccc(Cl)cc1)C(=O)NCC1CCN([C@@H]2CCSC2)CC1. The Labute approximate surface area is 166 Å². The van der Waals surface area contributed by atoms with Gasteiger partial charge in [0.2, 0.25) is 0 Å². The highest BCUT2D eigenvalue weighted by Gasteiger charge is 2.31. The van der Waals surface area contributed by atoms with Gasteiger partial charge in [0, 0.05) is 23.4 Å². The van der Waals surface area contributed by atoms with Gasteiger partial charge >= 0.3 is 0 Å². The van der Waals surface area contributed by atoms with Crippen molar-refractivity contribution in [1.82, 2.24) is 10.2 Å². The number of amides is 1. The van der Waals surface area contributed by atoms with Crippen molar-refractivity contribution in [3.05, 3.63) is 29.3 Å². The van der Waals surface area contributed by atoms with E-state index in [1.165, 1.54) is 30.8 Å². The standard InChI is InChI=1S/C20H29ClN2O2S/c1-20(2,25-18-5-3-16(21)4-6-18)19(24)22-13-15-7-10-23(11-8-15)17-9-12-26-14-17/h3-6,15,17H,7-14H2,1-2H3,(H,22,24)/t17-/m1/s1. The van der Waals surface area contributed by atoms with Crippen molar-refractivity contribution in [3.63, 3.8) is 0 Å². The second kappa shape index (κ2) is 8.85. The van der Waals surface area contributed by atoms with E-state index in [1.54, 1.807) is 38.1 Å². The molecule has 1 atom stereocenters. The van der Waals surface area contributed by atoms with Crippen LogP contribution in [0.2, 0.25) is 5.02 Å². The fourth-order valence-electron chi connectivity index (χ4n) is 3.63. The van der Waals surface area contributed by atoms with E-state index < -0.39 is 5.60 Å². The molecule has 1 aromatic rings. The lowest BCUT2D eigenvalue weighted by molar-refractivity contribution is -0.134. The van der Waals surface area contributed by atoms with Crippen molar-refractivity contribution >= 4 is 29.3 Å². The smallest absolute Gasteiger partial charge is 0.263 e. The number of carbonyl (C=O) groups is 1. The van der Waals surface area contributed by atoms with Crippen molar-refractivity contribution in [2.45, 2.75) is 44.8 Å². The minimum Gasteiger partial charge on any atom is -0.478 e. The van der Waals surface area contributed by atoms with E-state index in [1.807, 2.05) is 0 Å². The third-order valence-electron chi connectivity index (χ3n) is 5.36. The van der Waals surface area contributed by atoms with E-state index in [0.29, 0.717) is 16.7 Å². The maximum absolute atomic E-state index is 12.6. The number of benzene rings is 1. The van der Waals surface area contributed by atoms with Gasteiger partial charge in [0.15, 0.2) is 5.60 Å². The van der Waals surface area contributed by atoms with E-state index in [9.17, 15) is 4.79 Å². The first kappa shape index (κ1) is 19.8. The summed E-state index contributed by atoms with van der Waals surface area (Å²) in [7, 11) is 0. The van der Waals surface area contributed by atoms with Crippen LogP contribution in [-0.4, -0.2) is 53.6 Å². The molecule has 1 N–H and O–H groups in total. The van der Waals surface area contributed by atoms with Crippen LogP contribution in [-0.2, 0) is 4.79 Å². The van der Waals surface area contributed by atoms with Crippen molar-refractivity contribution in [2.24, 2.45) is 5.92 Å². The van der Waals surface area contributed by atoms with E-state index in [-0.39, 0.29) is 5.91 Å². The van der Waals surface area contributed by atoms with Crippen molar-refractivity contribution < 1.29 is 9.53 Å². The molecule has 0 aliphatic carbocycles. The number of carbonyl (C=O) groups excluding carboxylic acids is 1. The zero-order chi connectivity index (χ0) is 18.6. The number of hydrogen-bond donors (Lipinski definition) is 1. The van der Waals surface area contributed by atoms with Gasteiger partial charge in [-0.2, -0.15) is 11.8 Å². The number of piperidine rings is 1. The van der Waals surface area contributed by atoms with E-state index >= 15 is 0 Å². The molecule has 144 valence electrons. The Balaban J connectivity index is 1.42. The molecule has 2 fully saturated rings. The van der Waals surface area contributed by atoms with Gasteiger partial charge in [-0.3, -0.25) is 9.69 Å². The molecule has 2 aliphatic heterocycles. The van der Waals surface area contributed by atoms with Crippen molar-refractivity contribution in [3.8, 4) is 5.75 Å². The molecule has 2 saturated heterocycles. The molecule has 0 unspecified atom stereocenters. The van der Waals surface area contributed by atoms with Crippen LogP contribution in [0.4, 0.5) is 0 Å². The maximum atomic E-state index is 12.6. The average molecular weight is 397 g/mol. The Bertz CT molecular complexity index is 594. The van der Waals surface area contributed by atoms with Crippen LogP contribution in [0.5, 0.6) is 5.75 Å². The third-order valence-corrected chi connectivity index (χ3v) is 6.75. The van der Waals surface area contributed by atoms with Crippen molar-refractivity contribution in [1.29, 1.82) is 0 Å². The van der Waals surface area contributed by atoms with Crippen LogP contribution in [0.15, 0.2) is 24.3 Å². The van der Waals surface area contributed by atoms with Gasteiger partial charge in [-0.25, -0.2) is 0 Å². The van der Waals surface area contributed by atoms with Crippen LogP contribution in [0.3, 0.4) is 0 Å². The molecule has 0 saturated carbocycles. The number of halogens is 1. The number of nitrogens with zero attached hydrogens (tertiary/aromatic N) is 1. The predicted molar refractivity (Wildman–Crippen MR) is 109 cm³/mol. The van der Waals surface area contributed by atoms with E-state index in [2.05, 4.69) is 22.0 Å². The van der Waals surface area contributed by atoms with Crippen LogP contribution < -0.4 is 10.1 Å². The molecule has 2 aliphatic rings. The third kappa shape index (κ3) is 5.30.